The molecular formula is C18H23NO2. The van der Waals surface area contributed by atoms with Crippen LogP contribution in [-0.2, 0) is 16.1 Å². The first kappa shape index (κ1) is 16.9. The second-order valence-corrected chi connectivity index (χ2v) is 4.61. The summed E-state index contributed by atoms with van der Waals surface area (Å²) in [6, 6.07) is 10.0. The smallest absolute Gasteiger partial charge is 0.244 e. The van der Waals surface area contributed by atoms with E-state index in [1.807, 2.05) is 68.5 Å². The van der Waals surface area contributed by atoms with Crippen LogP contribution < -0.4 is 5.32 Å². The molecule has 0 aliphatic heterocycles. The van der Waals surface area contributed by atoms with Crippen LogP contribution in [0.25, 0.3) is 0 Å². The number of carbonyl (C=O) groups excluding carboxylic acids is 1. The van der Waals surface area contributed by atoms with Crippen LogP contribution in [0, 0.1) is 0 Å². The highest BCUT2D eigenvalue weighted by Crippen LogP contribution is 2.00. The van der Waals surface area contributed by atoms with Gasteiger partial charge in [0.1, 0.15) is 0 Å². The SMILES string of the molecule is C/C=C/C=C/C(=O)NC(C)/C=C\COCc1ccccc1. The van der Waals surface area contributed by atoms with Crippen molar-refractivity contribution in [3.63, 3.8) is 0 Å². The van der Waals surface area contributed by atoms with Gasteiger partial charge in [0.05, 0.1) is 13.2 Å². The van der Waals surface area contributed by atoms with Crippen LogP contribution in [0.2, 0.25) is 0 Å². The lowest BCUT2D eigenvalue weighted by Gasteiger charge is -2.07. The van der Waals surface area contributed by atoms with Crippen LogP contribution in [0.15, 0.2) is 66.8 Å². The highest BCUT2D eigenvalue weighted by molar-refractivity contribution is 5.88. The topological polar surface area (TPSA) is 38.3 Å². The summed E-state index contributed by atoms with van der Waals surface area (Å²) in [5.74, 6) is -0.101. The Labute approximate surface area is 127 Å². The Morgan fingerprint density at radius 1 is 1.29 bits per heavy atom. The van der Waals surface area contributed by atoms with E-state index >= 15 is 0 Å². The number of allylic oxidation sites excluding steroid dienone is 3. The van der Waals surface area contributed by atoms with Crippen molar-refractivity contribution in [3.8, 4) is 0 Å². The maximum Gasteiger partial charge on any atom is 0.244 e. The molecule has 0 radical (unpaired) electrons. The van der Waals surface area contributed by atoms with E-state index in [4.69, 9.17) is 4.74 Å². The van der Waals surface area contributed by atoms with Crippen LogP contribution in [0.5, 0.6) is 0 Å². The average molecular weight is 285 g/mol. The Hall–Kier alpha value is -2.13. The van der Waals surface area contributed by atoms with Crippen LogP contribution in [0.4, 0.5) is 0 Å². The summed E-state index contributed by atoms with van der Waals surface area (Å²) in [7, 11) is 0. The summed E-state index contributed by atoms with van der Waals surface area (Å²) in [6.07, 6.45) is 10.8. The number of ether oxygens (including phenoxy) is 1. The molecule has 0 heterocycles. The minimum absolute atomic E-state index is 0.0203. The van der Waals surface area contributed by atoms with Gasteiger partial charge in [0.25, 0.3) is 0 Å². The molecule has 21 heavy (non-hydrogen) atoms. The van der Waals surface area contributed by atoms with Gasteiger partial charge in [-0.05, 0) is 19.4 Å². The second kappa shape index (κ2) is 10.6. The molecule has 1 N–H and O–H groups in total. The van der Waals surface area contributed by atoms with E-state index < -0.39 is 0 Å². The second-order valence-electron chi connectivity index (χ2n) is 4.61. The molecule has 1 aromatic rings. The van der Waals surface area contributed by atoms with Gasteiger partial charge in [0, 0.05) is 12.1 Å². The molecule has 3 heteroatoms. The van der Waals surface area contributed by atoms with Crippen molar-refractivity contribution in [3.05, 3.63) is 72.4 Å². The molecule has 0 aliphatic carbocycles. The summed E-state index contributed by atoms with van der Waals surface area (Å²) in [4.78, 5) is 11.5. The predicted octanol–water partition coefficient (Wildman–Crippen LogP) is 3.40. The summed E-state index contributed by atoms with van der Waals surface area (Å²) in [6.45, 7) is 4.96. The van der Waals surface area contributed by atoms with Crippen LogP contribution in [-0.4, -0.2) is 18.6 Å². The van der Waals surface area contributed by atoms with Crippen LogP contribution in [0.3, 0.4) is 0 Å². The maximum absolute atomic E-state index is 11.5. The van der Waals surface area contributed by atoms with E-state index in [9.17, 15) is 4.79 Å². The summed E-state index contributed by atoms with van der Waals surface area (Å²) in [5, 5.41) is 2.85. The molecule has 1 atom stereocenters. The molecule has 0 aliphatic rings. The average Bonchev–Trinajstić information content (AvgIpc) is 2.48. The highest BCUT2D eigenvalue weighted by Gasteiger charge is 1.99. The molecule has 3 nitrogen and oxygen atoms in total. The minimum atomic E-state index is -0.101. The molecule has 1 unspecified atom stereocenters. The Kier molecular flexibility index (Phi) is 8.57. The van der Waals surface area contributed by atoms with E-state index in [-0.39, 0.29) is 11.9 Å². The van der Waals surface area contributed by atoms with Gasteiger partial charge >= 0.3 is 0 Å². The number of nitrogens with one attached hydrogen (secondary N) is 1. The van der Waals surface area contributed by atoms with E-state index in [0.717, 1.165) is 5.56 Å². The van der Waals surface area contributed by atoms with Crippen LogP contribution in [0.1, 0.15) is 19.4 Å². The lowest BCUT2D eigenvalue weighted by atomic mass is 10.2. The summed E-state index contributed by atoms with van der Waals surface area (Å²) >= 11 is 0. The zero-order chi connectivity index (χ0) is 15.3. The fourth-order valence-electron chi connectivity index (χ4n) is 1.65. The molecule has 112 valence electrons. The quantitative estimate of drug-likeness (QED) is 0.344. The van der Waals surface area contributed by atoms with Gasteiger partial charge in [-0.2, -0.15) is 0 Å². The molecule has 0 spiro atoms. The molecular weight excluding hydrogens is 262 g/mol. The van der Waals surface area contributed by atoms with Crippen molar-refractivity contribution in [2.24, 2.45) is 0 Å². The third-order valence-corrected chi connectivity index (χ3v) is 2.67. The third-order valence-electron chi connectivity index (χ3n) is 2.67. The summed E-state index contributed by atoms with van der Waals surface area (Å²) in [5.41, 5.74) is 1.15. The van der Waals surface area contributed by atoms with E-state index in [1.54, 1.807) is 6.08 Å². The number of carbonyl (C=O) groups is 1. The van der Waals surface area contributed by atoms with Gasteiger partial charge in [-0.3, -0.25) is 4.79 Å². The maximum atomic E-state index is 11.5. The van der Waals surface area contributed by atoms with E-state index in [1.165, 1.54) is 6.08 Å². The number of benzene rings is 1. The molecule has 0 saturated heterocycles. The Bertz CT molecular complexity index is 489. The third kappa shape index (κ3) is 8.60. The lowest BCUT2D eigenvalue weighted by Crippen LogP contribution is -2.29. The van der Waals surface area contributed by atoms with Crippen LogP contribution >= 0.6 is 0 Å². The molecule has 1 rings (SSSR count). The first-order valence-corrected chi connectivity index (χ1v) is 7.10. The number of amides is 1. The molecule has 1 amide bonds. The van der Waals surface area contributed by atoms with Gasteiger partial charge in [-0.1, -0.05) is 60.7 Å². The summed E-state index contributed by atoms with van der Waals surface area (Å²) < 4.78 is 5.53. The first-order chi connectivity index (χ1) is 10.2. The van der Waals surface area contributed by atoms with Crippen molar-refractivity contribution in [1.29, 1.82) is 0 Å². The molecule has 0 bridgehead atoms. The number of hydrogen-bond acceptors (Lipinski definition) is 2. The molecule has 1 aromatic carbocycles. The monoisotopic (exact) mass is 285 g/mol. The normalized spacial score (nSPS) is 13.2. The highest BCUT2D eigenvalue weighted by atomic mass is 16.5. The molecule has 0 fully saturated rings. The largest absolute Gasteiger partial charge is 0.373 e. The number of hydrogen-bond donors (Lipinski definition) is 1. The van der Waals surface area contributed by atoms with Gasteiger partial charge in [-0.15, -0.1) is 0 Å². The van der Waals surface area contributed by atoms with Gasteiger partial charge < -0.3 is 10.1 Å². The van der Waals surface area contributed by atoms with Crippen molar-refractivity contribution in [1.82, 2.24) is 5.32 Å². The van der Waals surface area contributed by atoms with Gasteiger partial charge in [0.15, 0.2) is 0 Å². The Morgan fingerprint density at radius 3 is 2.76 bits per heavy atom. The Balaban J connectivity index is 2.19. The Morgan fingerprint density at radius 2 is 2.05 bits per heavy atom. The molecule has 0 aromatic heterocycles. The minimum Gasteiger partial charge on any atom is -0.373 e. The van der Waals surface area contributed by atoms with E-state index in [0.29, 0.717) is 13.2 Å². The predicted molar refractivity (Wildman–Crippen MR) is 86.8 cm³/mol. The van der Waals surface area contributed by atoms with Crippen molar-refractivity contribution >= 4 is 5.91 Å². The van der Waals surface area contributed by atoms with E-state index in [2.05, 4.69) is 5.32 Å². The zero-order valence-electron chi connectivity index (χ0n) is 12.7. The fraction of sp³-hybridized carbons (Fsp3) is 0.278. The fourth-order valence-corrected chi connectivity index (χ4v) is 1.65. The van der Waals surface area contributed by atoms with Gasteiger partial charge in [-0.25, -0.2) is 0 Å². The van der Waals surface area contributed by atoms with Gasteiger partial charge in [0.2, 0.25) is 5.91 Å². The lowest BCUT2D eigenvalue weighted by molar-refractivity contribution is -0.116. The van der Waals surface area contributed by atoms with Crippen molar-refractivity contribution < 1.29 is 9.53 Å². The zero-order valence-corrected chi connectivity index (χ0v) is 12.7. The first-order valence-electron chi connectivity index (χ1n) is 7.10. The molecule has 0 saturated carbocycles. The van der Waals surface area contributed by atoms with Crippen molar-refractivity contribution in [2.75, 3.05) is 6.61 Å². The number of rotatable bonds is 8. The standard InChI is InChI=1S/C18H23NO2/c1-3-4-6-13-18(20)19-16(2)10-9-14-21-15-17-11-7-5-8-12-17/h3-13,16H,14-15H2,1-2H3,(H,19,20)/b4-3+,10-9-,13-6+. The van der Waals surface area contributed by atoms with Crippen molar-refractivity contribution in [2.45, 2.75) is 26.5 Å².